The molecule has 2 aromatic carbocycles. The van der Waals surface area contributed by atoms with Crippen molar-refractivity contribution in [2.45, 2.75) is 20.3 Å². The third kappa shape index (κ3) is 3.83. The Labute approximate surface area is 159 Å². The maximum atomic E-state index is 12.7. The van der Waals surface area contributed by atoms with E-state index in [0.717, 1.165) is 26.1 Å². The molecule has 0 spiro atoms. The van der Waals surface area contributed by atoms with Crippen LogP contribution < -0.4 is 5.32 Å². The topological polar surface area (TPSA) is 66.5 Å². The molecular formula is C22H24N2O3. The van der Waals surface area contributed by atoms with Crippen molar-refractivity contribution in [2.24, 2.45) is 0 Å². The highest BCUT2D eigenvalue weighted by Gasteiger charge is 2.29. The maximum absolute atomic E-state index is 12.7. The molecule has 5 nitrogen and oxygen atoms in total. The van der Waals surface area contributed by atoms with E-state index >= 15 is 0 Å². The lowest BCUT2D eigenvalue weighted by Crippen LogP contribution is -2.30. The number of benzene rings is 2. The van der Waals surface area contributed by atoms with Crippen molar-refractivity contribution in [3.63, 3.8) is 0 Å². The zero-order valence-corrected chi connectivity index (χ0v) is 15.7. The van der Waals surface area contributed by atoms with Gasteiger partial charge in [-0.1, -0.05) is 38.1 Å². The number of carbonyl (C=O) groups excluding carboxylic acids is 3. The van der Waals surface area contributed by atoms with Crippen LogP contribution in [0.2, 0.25) is 0 Å². The van der Waals surface area contributed by atoms with E-state index in [2.05, 4.69) is 24.1 Å². The van der Waals surface area contributed by atoms with Crippen LogP contribution >= 0.6 is 0 Å². The third-order valence-corrected chi connectivity index (χ3v) is 5.02. The van der Waals surface area contributed by atoms with Crippen LogP contribution in [0, 0.1) is 0 Å². The molecule has 0 aliphatic heterocycles. The first-order valence-corrected chi connectivity index (χ1v) is 9.39. The van der Waals surface area contributed by atoms with Crippen molar-refractivity contribution in [1.82, 2.24) is 10.2 Å². The normalized spacial score (nSPS) is 12.7. The van der Waals surface area contributed by atoms with E-state index in [9.17, 15) is 14.4 Å². The standard InChI is InChI=1S/C22H24N2O3/c1-3-24(4-2)13-7-12-23-22(27)15-10-11-18-19(14-15)21(26)17-9-6-5-8-16(17)20(18)25/h5-6,8-11,14H,3-4,7,12-13H2,1-2H3,(H,23,27). The van der Waals surface area contributed by atoms with Gasteiger partial charge in [-0.25, -0.2) is 0 Å². The second-order valence-corrected chi connectivity index (χ2v) is 6.60. The summed E-state index contributed by atoms with van der Waals surface area (Å²) in [6.45, 7) is 7.72. The Morgan fingerprint density at radius 1 is 0.889 bits per heavy atom. The minimum Gasteiger partial charge on any atom is -0.352 e. The zero-order valence-electron chi connectivity index (χ0n) is 15.7. The van der Waals surface area contributed by atoms with Crippen LogP contribution in [0.25, 0.3) is 0 Å². The van der Waals surface area contributed by atoms with Gasteiger partial charge in [0.05, 0.1) is 0 Å². The third-order valence-electron chi connectivity index (χ3n) is 5.02. The number of amides is 1. The van der Waals surface area contributed by atoms with Gasteiger partial charge < -0.3 is 10.2 Å². The van der Waals surface area contributed by atoms with Gasteiger partial charge in [-0.05, 0) is 44.3 Å². The van der Waals surface area contributed by atoms with Crippen LogP contribution in [0.3, 0.4) is 0 Å². The van der Waals surface area contributed by atoms with E-state index in [0.29, 0.717) is 34.4 Å². The van der Waals surface area contributed by atoms with Crippen LogP contribution in [-0.4, -0.2) is 48.6 Å². The van der Waals surface area contributed by atoms with E-state index in [1.54, 1.807) is 36.4 Å². The number of hydrogen-bond donors (Lipinski definition) is 1. The molecule has 5 heteroatoms. The maximum Gasteiger partial charge on any atom is 0.251 e. The molecule has 1 amide bonds. The summed E-state index contributed by atoms with van der Waals surface area (Å²) in [5, 5.41) is 2.89. The van der Waals surface area contributed by atoms with Crippen molar-refractivity contribution in [2.75, 3.05) is 26.2 Å². The lowest BCUT2D eigenvalue weighted by Gasteiger charge is -2.18. The highest BCUT2D eigenvalue weighted by atomic mass is 16.2. The predicted octanol–water partition coefficient (Wildman–Crippen LogP) is 2.92. The summed E-state index contributed by atoms with van der Waals surface area (Å²) in [6, 6.07) is 11.5. The minimum atomic E-state index is -0.226. The summed E-state index contributed by atoms with van der Waals surface area (Å²) in [5.74, 6) is -0.612. The average Bonchev–Trinajstić information content (AvgIpc) is 2.71. The summed E-state index contributed by atoms with van der Waals surface area (Å²) < 4.78 is 0. The Morgan fingerprint density at radius 2 is 1.48 bits per heavy atom. The first-order valence-electron chi connectivity index (χ1n) is 9.39. The largest absolute Gasteiger partial charge is 0.352 e. The molecule has 0 bridgehead atoms. The van der Waals surface area contributed by atoms with Crippen LogP contribution in [0.15, 0.2) is 42.5 Å². The highest BCUT2D eigenvalue weighted by molar-refractivity contribution is 6.28. The Bertz CT molecular complexity index is 885. The van der Waals surface area contributed by atoms with Crippen LogP contribution in [-0.2, 0) is 0 Å². The average molecular weight is 364 g/mol. The molecule has 0 aromatic heterocycles. The van der Waals surface area contributed by atoms with E-state index in [1.165, 1.54) is 6.07 Å². The van der Waals surface area contributed by atoms with E-state index in [-0.39, 0.29) is 17.5 Å². The fourth-order valence-electron chi connectivity index (χ4n) is 3.39. The fourth-order valence-corrected chi connectivity index (χ4v) is 3.39. The molecule has 0 heterocycles. The molecule has 0 unspecified atom stereocenters. The first kappa shape index (κ1) is 19.0. The lowest BCUT2D eigenvalue weighted by molar-refractivity contribution is 0.0949. The predicted molar refractivity (Wildman–Crippen MR) is 104 cm³/mol. The van der Waals surface area contributed by atoms with Gasteiger partial charge in [-0.15, -0.1) is 0 Å². The first-order chi connectivity index (χ1) is 13.1. The molecule has 140 valence electrons. The summed E-state index contributed by atoms with van der Waals surface area (Å²) >= 11 is 0. The molecule has 0 radical (unpaired) electrons. The second-order valence-electron chi connectivity index (χ2n) is 6.60. The van der Waals surface area contributed by atoms with Gasteiger partial charge >= 0.3 is 0 Å². The molecule has 2 aromatic rings. The van der Waals surface area contributed by atoms with Crippen molar-refractivity contribution >= 4 is 17.5 Å². The second kappa shape index (κ2) is 8.27. The fraction of sp³-hybridized carbons (Fsp3) is 0.318. The number of hydrogen-bond acceptors (Lipinski definition) is 4. The van der Waals surface area contributed by atoms with Crippen molar-refractivity contribution in [3.8, 4) is 0 Å². The Balaban J connectivity index is 1.72. The SMILES string of the molecule is CCN(CC)CCCNC(=O)c1ccc2c(c1)C(=O)c1ccccc1C2=O. The number of carbonyl (C=O) groups is 3. The molecular weight excluding hydrogens is 340 g/mol. The van der Waals surface area contributed by atoms with Gasteiger partial charge in [0.2, 0.25) is 0 Å². The molecule has 1 aliphatic rings. The number of nitrogens with zero attached hydrogens (tertiary/aromatic N) is 1. The van der Waals surface area contributed by atoms with E-state index < -0.39 is 0 Å². The Hall–Kier alpha value is -2.79. The van der Waals surface area contributed by atoms with Crippen molar-refractivity contribution < 1.29 is 14.4 Å². The van der Waals surface area contributed by atoms with Crippen LogP contribution in [0.4, 0.5) is 0 Å². The van der Waals surface area contributed by atoms with Gasteiger partial charge in [-0.3, -0.25) is 14.4 Å². The zero-order chi connectivity index (χ0) is 19.4. The lowest BCUT2D eigenvalue weighted by atomic mass is 9.83. The van der Waals surface area contributed by atoms with E-state index in [4.69, 9.17) is 0 Å². The summed E-state index contributed by atoms with van der Waals surface area (Å²) in [7, 11) is 0. The number of nitrogens with one attached hydrogen (secondary N) is 1. The van der Waals surface area contributed by atoms with Gasteiger partial charge in [-0.2, -0.15) is 0 Å². The molecule has 0 saturated heterocycles. The molecule has 3 rings (SSSR count). The molecule has 1 N–H and O–H groups in total. The quantitative estimate of drug-likeness (QED) is 0.655. The smallest absolute Gasteiger partial charge is 0.251 e. The van der Waals surface area contributed by atoms with E-state index in [1.807, 2.05) is 0 Å². The Kier molecular flexibility index (Phi) is 5.81. The van der Waals surface area contributed by atoms with Gasteiger partial charge in [0.1, 0.15) is 0 Å². The molecule has 27 heavy (non-hydrogen) atoms. The Morgan fingerprint density at radius 3 is 2.11 bits per heavy atom. The highest BCUT2D eigenvalue weighted by Crippen LogP contribution is 2.27. The van der Waals surface area contributed by atoms with Crippen molar-refractivity contribution in [3.05, 3.63) is 70.3 Å². The van der Waals surface area contributed by atoms with Gasteiger partial charge in [0.25, 0.3) is 5.91 Å². The van der Waals surface area contributed by atoms with Gasteiger partial charge in [0, 0.05) is 34.4 Å². The molecule has 0 saturated carbocycles. The molecule has 1 aliphatic carbocycles. The molecule has 0 atom stereocenters. The minimum absolute atomic E-state index is 0.175. The van der Waals surface area contributed by atoms with Crippen LogP contribution in [0.5, 0.6) is 0 Å². The summed E-state index contributed by atoms with van der Waals surface area (Å²) in [5.41, 5.74) is 1.87. The van der Waals surface area contributed by atoms with Crippen LogP contribution in [0.1, 0.15) is 62.5 Å². The number of fused-ring (bicyclic) bond motifs is 2. The van der Waals surface area contributed by atoms with Crippen molar-refractivity contribution in [1.29, 1.82) is 0 Å². The van der Waals surface area contributed by atoms with Gasteiger partial charge in [0.15, 0.2) is 11.6 Å². The number of ketones is 2. The number of rotatable bonds is 7. The summed E-state index contributed by atoms with van der Waals surface area (Å²) in [6.07, 6.45) is 0.864. The molecule has 0 fully saturated rings. The summed E-state index contributed by atoms with van der Waals surface area (Å²) in [4.78, 5) is 40.1. The monoisotopic (exact) mass is 364 g/mol.